The summed E-state index contributed by atoms with van der Waals surface area (Å²) in [5.41, 5.74) is 1.25. The summed E-state index contributed by atoms with van der Waals surface area (Å²) < 4.78 is 1.06. The molecule has 82 valence electrons. The average Bonchev–Trinajstić information content (AvgIpc) is 2.97. The molecule has 0 aromatic carbocycles. The predicted octanol–water partition coefficient (Wildman–Crippen LogP) is 3.47. The zero-order valence-electron chi connectivity index (χ0n) is 9.28. The van der Waals surface area contributed by atoms with Crippen LogP contribution in [0.25, 0.3) is 0 Å². The number of aromatic nitrogens is 1. The van der Waals surface area contributed by atoms with Crippen LogP contribution < -0.4 is 4.90 Å². The van der Waals surface area contributed by atoms with E-state index >= 15 is 0 Å². The van der Waals surface area contributed by atoms with Gasteiger partial charge < -0.3 is 4.90 Å². The van der Waals surface area contributed by atoms with E-state index in [0.717, 1.165) is 17.1 Å². The second kappa shape index (κ2) is 4.52. The zero-order valence-corrected chi connectivity index (χ0v) is 10.9. The Kier molecular flexibility index (Phi) is 3.29. The summed E-state index contributed by atoms with van der Waals surface area (Å²) in [4.78, 5) is 6.72. The number of hydrogen-bond acceptors (Lipinski definition) is 2. The molecule has 0 atom stereocenters. The third-order valence-corrected chi connectivity index (χ3v) is 3.01. The topological polar surface area (TPSA) is 16.1 Å². The molecular formula is C12H17BrN2. The van der Waals surface area contributed by atoms with Gasteiger partial charge in [-0.1, -0.05) is 13.8 Å². The van der Waals surface area contributed by atoms with Crippen LogP contribution in [0.4, 0.5) is 5.69 Å². The maximum absolute atomic E-state index is 4.23. The monoisotopic (exact) mass is 268 g/mol. The van der Waals surface area contributed by atoms with E-state index in [0.29, 0.717) is 5.92 Å². The lowest BCUT2D eigenvalue weighted by atomic mass is 10.2. The summed E-state index contributed by atoms with van der Waals surface area (Å²) in [5, 5.41) is 0. The Morgan fingerprint density at radius 1 is 1.47 bits per heavy atom. The number of pyridine rings is 1. The Balaban J connectivity index is 2.16. The van der Waals surface area contributed by atoms with Gasteiger partial charge in [0.1, 0.15) is 0 Å². The van der Waals surface area contributed by atoms with Crippen molar-refractivity contribution in [2.75, 3.05) is 11.4 Å². The average molecular weight is 269 g/mol. The lowest BCUT2D eigenvalue weighted by molar-refractivity contribution is 0.606. The Morgan fingerprint density at radius 3 is 2.73 bits per heavy atom. The van der Waals surface area contributed by atoms with Crippen molar-refractivity contribution in [2.45, 2.75) is 32.7 Å². The number of hydrogen-bond donors (Lipinski definition) is 0. The van der Waals surface area contributed by atoms with Gasteiger partial charge in [-0.05, 0) is 40.8 Å². The minimum atomic E-state index is 0.699. The van der Waals surface area contributed by atoms with E-state index < -0.39 is 0 Å². The second-order valence-electron chi connectivity index (χ2n) is 4.64. The highest BCUT2D eigenvalue weighted by atomic mass is 79.9. The largest absolute Gasteiger partial charge is 0.367 e. The predicted molar refractivity (Wildman–Crippen MR) is 67.1 cm³/mol. The van der Waals surface area contributed by atoms with Crippen molar-refractivity contribution >= 4 is 21.6 Å². The smallest absolute Gasteiger partial charge is 0.0566 e. The molecule has 0 radical (unpaired) electrons. The van der Waals surface area contributed by atoms with Gasteiger partial charge in [0.25, 0.3) is 0 Å². The molecule has 0 saturated heterocycles. The first kappa shape index (κ1) is 10.9. The van der Waals surface area contributed by atoms with Crippen molar-refractivity contribution in [3.05, 3.63) is 22.9 Å². The molecule has 15 heavy (non-hydrogen) atoms. The lowest BCUT2D eigenvalue weighted by Gasteiger charge is -2.26. The molecule has 1 aliphatic rings. The molecule has 0 spiro atoms. The van der Waals surface area contributed by atoms with E-state index in [4.69, 9.17) is 0 Å². The molecular weight excluding hydrogens is 252 g/mol. The van der Waals surface area contributed by atoms with E-state index in [9.17, 15) is 0 Å². The van der Waals surface area contributed by atoms with Crippen LogP contribution >= 0.6 is 15.9 Å². The molecule has 1 aromatic rings. The van der Waals surface area contributed by atoms with E-state index in [1.807, 2.05) is 12.4 Å². The number of nitrogens with zero attached hydrogens (tertiary/aromatic N) is 2. The summed E-state index contributed by atoms with van der Waals surface area (Å²) >= 11 is 3.48. The summed E-state index contributed by atoms with van der Waals surface area (Å²) in [5.74, 6) is 0.699. The van der Waals surface area contributed by atoms with E-state index in [1.54, 1.807) is 0 Å². The minimum absolute atomic E-state index is 0.699. The molecule has 1 heterocycles. The fourth-order valence-electron chi connectivity index (χ4n) is 1.80. The van der Waals surface area contributed by atoms with Gasteiger partial charge in [-0.15, -0.1) is 0 Å². The van der Waals surface area contributed by atoms with E-state index in [1.165, 1.54) is 18.5 Å². The van der Waals surface area contributed by atoms with Crippen molar-refractivity contribution in [3.63, 3.8) is 0 Å². The van der Waals surface area contributed by atoms with Crippen LogP contribution in [0.2, 0.25) is 0 Å². The lowest BCUT2D eigenvalue weighted by Crippen LogP contribution is -2.29. The van der Waals surface area contributed by atoms with Gasteiger partial charge in [-0.2, -0.15) is 0 Å². The summed E-state index contributed by atoms with van der Waals surface area (Å²) in [6.07, 6.45) is 6.47. The van der Waals surface area contributed by atoms with Crippen molar-refractivity contribution in [1.29, 1.82) is 0 Å². The Labute approximate surface area is 99.8 Å². The van der Waals surface area contributed by atoms with Crippen molar-refractivity contribution < 1.29 is 0 Å². The molecule has 3 heteroatoms. The third-order valence-electron chi connectivity index (χ3n) is 2.57. The summed E-state index contributed by atoms with van der Waals surface area (Å²) in [6.45, 7) is 5.66. The fourth-order valence-corrected chi connectivity index (χ4v) is 2.16. The number of anilines is 1. The molecule has 1 aromatic heterocycles. The molecule has 0 N–H and O–H groups in total. The molecule has 1 saturated carbocycles. The standard InChI is InChI=1S/C12H17BrN2/c1-9(2)8-15(11-3-4-11)12-5-10(13)6-14-7-12/h5-7,9,11H,3-4,8H2,1-2H3. The SMILES string of the molecule is CC(C)CN(c1cncc(Br)c1)C1CC1. The van der Waals surface area contributed by atoms with Gasteiger partial charge in [-0.25, -0.2) is 0 Å². The molecule has 0 unspecified atom stereocenters. The van der Waals surface area contributed by atoms with Crippen LogP contribution in [-0.2, 0) is 0 Å². The highest BCUT2D eigenvalue weighted by Crippen LogP contribution is 2.32. The van der Waals surface area contributed by atoms with Gasteiger partial charge in [0.15, 0.2) is 0 Å². The van der Waals surface area contributed by atoms with Gasteiger partial charge >= 0.3 is 0 Å². The number of rotatable bonds is 4. The van der Waals surface area contributed by atoms with Crippen molar-refractivity contribution in [1.82, 2.24) is 4.98 Å². The maximum atomic E-state index is 4.23. The van der Waals surface area contributed by atoms with Crippen LogP contribution in [0.3, 0.4) is 0 Å². The fraction of sp³-hybridized carbons (Fsp3) is 0.583. The molecule has 1 aliphatic carbocycles. The highest BCUT2D eigenvalue weighted by molar-refractivity contribution is 9.10. The molecule has 0 aliphatic heterocycles. The second-order valence-corrected chi connectivity index (χ2v) is 5.55. The van der Waals surface area contributed by atoms with Crippen LogP contribution in [0, 0.1) is 5.92 Å². The quantitative estimate of drug-likeness (QED) is 0.832. The highest BCUT2D eigenvalue weighted by Gasteiger charge is 2.29. The summed E-state index contributed by atoms with van der Waals surface area (Å²) in [6, 6.07) is 2.91. The molecule has 0 amide bonds. The van der Waals surface area contributed by atoms with Gasteiger partial charge in [0, 0.05) is 23.3 Å². The molecule has 0 bridgehead atoms. The normalized spacial score (nSPS) is 15.7. The summed E-state index contributed by atoms with van der Waals surface area (Å²) in [7, 11) is 0. The minimum Gasteiger partial charge on any atom is -0.367 e. The van der Waals surface area contributed by atoms with Gasteiger partial charge in [-0.3, -0.25) is 4.98 Å². The first-order valence-electron chi connectivity index (χ1n) is 5.54. The van der Waals surface area contributed by atoms with Crippen molar-refractivity contribution in [3.8, 4) is 0 Å². The maximum Gasteiger partial charge on any atom is 0.0566 e. The number of halogens is 1. The third kappa shape index (κ3) is 2.94. The van der Waals surface area contributed by atoms with Crippen LogP contribution in [0.5, 0.6) is 0 Å². The van der Waals surface area contributed by atoms with Crippen LogP contribution in [0.15, 0.2) is 22.9 Å². The Hall–Kier alpha value is -0.570. The van der Waals surface area contributed by atoms with Crippen LogP contribution in [0.1, 0.15) is 26.7 Å². The first-order valence-corrected chi connectivity index (χ1v) is 6.33. The molecule has 1 fully saturated rings. The van der Waals surface area contributed by atoms with Gasteiger partial charge in [0.2, 0.25) is 0 Å². The Morgan fingerprint density at radius 2 is 2.20 bits per heavy atom. The van der Waals surface area contributed by atoms with Crippen molar-refractivity contribution in [2.24, 2.45) is 5.92 Å². The zero-order chi connectivity index (χ0) is 10.8. The first-order chi connectivity index (χ1) is 7.16. The van der Waals surface area contributed by atoms with Crippen LogP contribution in [-0.4, -0.2) is 17.6 Å². The molecule has 2 rings (SSSR count). The van der Waals surface area contributed by atoms with Gasteiger partial charge in [0.05, 0.1) is 11.9 Å². The Bertz CT molecular complexity index is 334. The van der Waals surface area contributed by atoms with E-state index in [-0.39, 0.29) is 0 Å². The van der Waals surface area contributed by atoms with E-state index in [2.05, 4.69) is 45.7 Å². The molecule has 2 nitrogen and oxygen atoms in total.